The molecule has 0 unspecified atom stereocenters. The minimum Gasteiger partial charge on any atom is -0.321 e. The smallest absolute Gasteiger partial charge is 0.138 e. The lowest BCUT2D eigenvalue weighted by Crippen LogP contribution is -2.35. The first kappa shape index (κ1) is 13.6. The van der Waals surface area contributed by atoms with E-state index < -0.39 is 5.54 Å². The summed E-state index contributed by atoms with van der Waals surface area (Å²) in [5.74, 6) is 0. The maximum absolute atomic E-state index is 8.58. The van der Waals surface area contributed by atoms with E-state index in [0.29, 0.717) is 12.8 Å². The van der Waals surface area contributed by atoms with Gasteiger partial charge >= 0.3 is 0 Å². The Morgan fingerprint density at radius 1 is 1.24 bits per heavy atom. The third-order valence-electron chi connectivity index (χ3n) is 2.61. The predicted molar refractivity (Wildman–Crippen MR) is 73.4 cm³/mol. The number of hydrogen-bond donors (Lipinski definition) is 1. The third kappa shape index (κ3) is 3.48. The van der Waals surface area contributed by atoms with Crippen LogP contribution in [-0.2, 0) is 5.54 Å². The van der Waals surface area contributed by atoms with Crippen molar-refractivity contribution in [2.24, 2.45) is 5.73 Å². The molecule has 1 rings (SSSR count). The number of nitrogens with zero attached hydrogens (tertiary/aromatic N) is 1. The number of nitrogens with two attached hydrogens (primary N) is 1. The number of rotatable bonds is 6. The predicted octanol–water partition coefficient (Wildman–Crippen LogP) is 3.57. The van der Waals surface area contributed by atoms with Gasteiger partial charge in [-0.2, -0.15) is 5.26 Å². The van der Waals surface area contributed by atoms with Gasteiger partial charge in [0.1, 0.15) is 5.40 Å². The van der Waals surface area contributed by atoms with Gasteiger partial charge in [0, 0.05) is 10.4 Å². The van der Waals surface area contributed by atoms with Crippen LogP contribution < -0.4 is 5.73 Å². The van der Waals surface area contributed by atoms with Crippen LogP contribution in [0.2, 0.25) is 0 Å². The molecule has 17 heavy (non-hydrogen) atoms. The van der Waals surface area contributed by atoms with Crippen molar-refractivity contribution in [2.75, 3.05) is 0 Å². The molecule has 2 nitrogen and oxygen atoms in total. The number of thiocyanates is 1. The van der Waals surface area contributed by atoms with E-state index in [-0.39, 0.29) is 0 Å². The third-order valence-corrected chi connectivity index (χ3v) is 3.21. The molecule has 0 aliphatic heterocycles. The van der Waals surface area contributed by atoms with Gasteiger partial charge in [-0.05, 0) is 42.3 Å². The molecular weight excluding hydrogens is 228 g/mol. The average molecular weight is 244 g/mol. The molecule has 0 bridgehead atoms. The van der Waals surface area contributed by atoms with Crippen LogP contribution in [-0.4, -0.2) is 0 Å². The molecule has 0 atom stereocenters. The zero-order valence-electron chi connectivity index (χ0n) is 9.73. The van der Waals surface area contributed by atoms with Gasteiger partial charge in [0.05, 0.1) is 0 Å². The van der Waals surface area contributed by atoms with Crippen molar-refractivity contribution >= 4 is 11.8 Å². The summed E-state index contributed by atoms with van der Waals surface area (Å²) in [7, 11) is 0. The molecule has 0 aliphatic rings. The fourth-order valence-electron chi connectivity index (χ4n) is 1.74. The maximum atomic E-state index is 8.58. The quantitative estimate of drug-likeness (QED) is 0.473. The summed E-state index contributed by atoms with van der Waals surface area (Å²) in [5.41, 5.74) is 6.95. The van der Waals surface area contributed by atoms with E-state index in [2.05, 4.69) is 13.2 Å². The Bertz CT molecular complexity index is 419. The summed E-state index contributed by atoms with van der Waals surface area (Å²) in [6.45, 7) is 7.48. The highest BCUT2D eigenvalue weighted by Crippen LogP contribution is 2.28. The topological polar surface area (TPSA) is 49.8 Å². The van der Waals surface area contributed by atoms with E-state index in [1.54, 1.807) is 0 Å². The first-order chi connectivity index (χ1) is 8.16. The zero-order chi connectivity index (χ0) is 12.7. The lowest BCUT2D eigenvalue weighted by molar-refractivity contribution is 0.456. The van der Waals surface area contributed by atoms with Crippen molar-refractivity contribution in [1.82, 2.24) is 0 Å². The Morgan fingerprint density at radius 3 is 2.18 bits per heavy atom. The van der Waals surface area contributed by atoms with Gasteiger partial charge in [0.2, 0.25) is 0 Å². The molecule has 0 amide bonds. The van der Waals surface area contributed by atoms with Crippen LogP contribution in [0.15, 0.2) is 54.5 Å². The number of benzene rings is 1. The van der Waals surface area contributed by atoms with Crippen molar-refractivity contribution in [3.8, 4) is 5.40 Å². The van der Waals surface area contributed by atoms with Crippen LogP contribution in [0.5, 0.6) is 0 Å². The molecule has 0 saturated heterocycles. The van der Waals surface area contributed by atoms with Gasteiger partial charge in [-0.25, -0.2) is 0 Å². The molecule has 0 aliphatic carbocycles. The largest absolute Gasteiger partial charge is 0.321 e. The van der Waals surface area contributed by atoms with E-state index in [4.69, 9.17) is 11.0 Å². The SMILES string of the molecule is C=CCC(N)(CC=C)c1ccc(SC#N)cc1. The van der Waals surface area contributed by atoms with Gasteiger partial charge in [-0.3, -0.25) is 0 Å². The summed E-state index contributed by atoms with van der Waals surface area (Å²) in [6.07, 6.45) is 5.04. The van der Waals surface area contributed by atoms with Crippen LogP contribution in [0.25, 0.3) is 0 Å². The molecule has 2 N–H and O–H groups in total. The van der Waals surface area contributed by atoms with Crippen LogP contribution in [0.4, 0.5) is 0 Å². The van der Waals surface area contributed by atoms with Crippen molar-refractivity contribution in [3.05, 3.63) is 55.1 Å². The molecule has 1 aromatic carbocycles. The zero-order valence-corrected chi connectivity index (χ0v) is 10.5. The van der Waals surface area contributed by atoms with Gasteiger partial charge in [0.15, 0.2) is 0 Å². The summed E-state index contributed by atoms with van der Waals surface area (Å²) >= 11 is 1.15. The Kier molecular flexibility index (Phi) is 5.02. The molecule has 1 aromatic rings. The maximum Gasteiger partial charge on any atom is 0.138 e. The van der Waals surface area contributed by atoms with Crippen molar-refractivity contribution in [2.45, 2.75) is 23.3 Å². The molecule has 0 fully saturated rings. The molecule has 3 heteroatoms. The summed E-state index contributed by atoms with van der Waals surface area (Å²) in [5, 5.41) is 10.6. The van der Waals surface area contributed by atoms with Crippen LogP contribution in [0, 0.1) is 10.7 Å². The molecular formula is C14H16N2S. The molecule has 88 valence electrons. The van der Waals surface area contributed by atoms with Crippen molar-refractivity contribution in [3.63, 3.8) is 0 Å². The lowest BCUT2D eigenvalue weighted by atomic mass is 9.85. The fraction of sp³-hybridized carbons (Fsp3) is 0.214. The molecule has 0 aromatic heterocycles. The summed E-state index contributed by atoms with van der Waals surface area (Å²) < 4.78 is 0. The number of nitriles is 1. The minimum absolute atomic E-state index is 0.445. The number of hydrogen-bond acceptors (Lipinski definition) is 3. The Labute approximate surface area is 107 Å². The van der Waals surface area contributed by atoms with Crippen LogP contribution >= 0.6 is 11.8 Å². The minimum atomic E-state index is -0.445. The lowest BCUT2D eigenvalue weighted by Gasteiger charge is -2.27. The molecule has 0 heterocycles. The van der Waals surface area contributed by atoms with E-state index >= 15 is 0 Å². The van der Waals surface area contributed by atoms with E-state index in [1.807, 2.05) is 41.8 Å². The van der Waals surface area contributed by atoms with E-state index in [0.717, 1.165) is 22.2 Å². The molecule has 0 radical (unpaired) electrons. The second-order valence-electron chi connectivity index (χ2n) is 3.86. The standard InChI is InChI=1S/C14H16N2S/c1-3-9-14(16,10-4-2)12-5-7-13(8-6-12)17-11-15/h3-8H,1-2,9-10,16H2. The molecule has 0 spiro atoms. The Balaban J connectivity index is 2.99. The molecule has 0 saturated carbocycles. The normalized spacial score (nSPS) is 10.6. The van der Waals surface area contributed by atoms with Crippen LogP contribution in [0.3, 0.4) is 0 Å². The Morgan fingerprint density at radius 2 is 1.76 bits per heavy atom. The summed E-state index contributed by atoms with van der Waals surface area (Å²) in [4.78, 5) is 0.927. The highest BCUT2D eigenvalue weighted by atomic mass is 32.2. The second kappa shape index (κ2) is 6.29. The van der Waals surface area contributed by atoms with Gasteiger partial charge in [0.25, 0.3) is 0 Å². The fourth-order valence-corrected chi connectivity index (χ4v) is 2.12. The van der Waals surface area contributed by atoms with E-state index in [9.17, 15) is 0 Å². The first-order valence-corrected chi connectivity index (χ1v) is 6.15. The van der Waals surface area contributed by atoms with Crippen molar-refractivity contribution in [1.29, 1.82) is 5.26 Å². The monoisotopic (exact) mass is 244 g/mol. The highest BCUT2D eigenvalue weighted by Gasteiger charge is 2.23. The number of thioether (sulfide) groups is 1. The van der Waals surface area contributed by atoms with Gasteiger partial charge < -0.3 is 5.73 Å². The van der Waals surface area contributed by atoms with Gasteiger partial charge in [-0.1, -0.05) is 24.3 Å². The van der Waals surface area contributed by atoms with E-state index in [1.165, 1.54) is 0 Å². The van der Waals surface area contributed by atoms with Gasteiger partial charge in [-0.15, -0.1) is 13.2 Å². The Hall–Kier alpha value is -1.50. The first-order valence-electron chi connectivity index (χ1n) is 5.33. The highest BCUT2D eigenvalue weighted by molar-refractivity contribution is 8.03. The summed E-state index contributed by atoms with van der Waals surface area (Å²) in [6, 6.07) is 7.76. The van der Waals surface area contributed by atoms with Crippen molar-refractivity contribution < 1.29 is 0 Å². The van der Waals surface area contributed by atoms with Crippen LogP contribution in [0.1, 0.15) is 18.4 Å². The average Bonchev–Trinajstić information content (AvgIpc) is 2.31. The second-order valence-corrected chi connectivity index (χ2v) is 4.72.